The van der Waals surface area contributed by atoms with E-state index in [-0.39, 0.29) is 29.8 Å². The Morgan fingerprint density at radius 3 is 2.87 bits per heavy atom. The fourth-order valence-electron chi connectivity index (χ4n) is 4.12. The highest BCUT2D eigenvalue weighted by molar-refractivity contribution is 7.99. The normalized spacial score (nSPS) is 21.6. The van der Waals surface area contributed by atoms with Gasteiger partial charge in [0.25, 0.3) is 5.56 Å². The second kappa shape index (κ2) is 9.08. The first kappa shape index (κ1) is 20.7. The van der Waals surface area contributed by atoms with E-state index < -0.39 is 0 Å². The zero-order valence-corrected chi connectivity index (χ0v) is 18.2. The van der Waals surface area contributed by atoms with Gasteiger partial charge in [0.2, 0.25) is 5.91 Å². The van der Waals surface area contributed by atoms with Gasteiger partial charge >= 0.3 is 0 Å². The van der Waals surface area contributed by atoms with Crippen LogP contribution in [-0.2, 0) is 11.3 Å². The average Bonchev–Trinajstić information content (AvgIpc) is 3.25. The summed E-state index contributed by atoms with van der Waals surface area (Å²) in [6, 6.07) is 11.1. The molecule has 1 N–H and O–H groups in total. The molecule has 4 rings (SSSR count). The molecule has 0 bridgehead atoms. The monoisotopic (exact) mass is 425 g/mol. The Hall–Kier alpha value is -2.54. The minimum Gasteiger partial charge on any atom is -0.467 e. The van der Waals surface area contributed by atoms with Crippen molar-refractivity contribution in [2.24, 2.45) is 11.8 Å². The molecule has 0 saturated heterocycles. The Labute approximate surface area is 180 Å². The molecule has 1 fully saturated rings. The Kier molecular flexibility index (Phi) is 6.27. The van der Waals surface area contributed by atoms with Crippen LogP contribution >= 0.6 is 11.8 Å². The van der Waals surface area contributed by atoms with E-state index in [0.717, 1.165) is 12.8 Å². The second-order valence-corrected chi connectivity index (χ2v) is 9.05. The summed E-state index contributed by atoms with van der Waals surface area (Å²) in [5.74, 6) is 1.98. The number of nitrogens with one attached hydrogen (secondary N) is 1. The van der Waals surface area contributed by atoms with Crippen molar-refractivity contribution < 1.29 is 9.21 Å². The number of nitrogens with zero attached hydrogens (tertiary/aromatic N) is 2. The van der Waals surface area contributed by atoms with Gasteiger partial charge in [-0.1, -0.05) is 50.6 Å². The third-order valence-electron chi connectivity index (χ3n) is 6.11. The Balaban J connectivity index is 1.54. The smallest absolute Gasteiger partial charge is 0.262 e. The zero-order valence-electron chi connectivity index (χ0n) is 17.3. The quantitative estimate of drug-likeness (QED) is 0.476. The van der Waals surface area contributed by atoms with Gasteiger partial charge in [-0.3, -0.25) is 14.2 Å². The fraction of sp³-hybridized carbons (Fsp3) is 0.435. The molecule has 2 aromatic heterocycles. The number of carbonyl (C=O) groups is 1. The molecule has 1 saturated carbocycles. The van der Waals surface area contributed by atoms with Crippen LogP contribution in [0.15, 0.2) is 57.0 Å². The highest BCUT2D eigenvalue weighted by Crippen LogP contribution is 2.29. The maximum absolute atomic E-state index is 13.1. The van der Waals surface area contributed by atoms with Crippen LogP contribution in [0.4, 0.5) is 0 Å². The number of para-hydroxylation sites is 1. The summed E-state index contributed by atoms with van der Waals surface area (Å²) in [5.41, 5.74) is 0.505. The molecule has 1 amide bonds. The molecule has 3 aromatic rings. The molecule has 7 heteroatoms. The van der Waals surface area contributed by atoms with Gasteiger partial charge in [-0.2, -0.15) is 0 Å². The first-order valence-corrected chi connectivity index (χ1v) is 11.5. The van der Waals surface area contributed by atoms with E-state index in [1.165, 1.54) is 18.2 Å². The van der Waals surface area contributed by atoms with E-state index in [0.29, 0.717) is 33.7 Å². The Bertz CT molecular complexity index is 1080. The maximum Gasteiger partial charge on any atom is 0.262 e. The zero-order chi connectivity index (χ0) is 21.1. The lowest BCUT2D eigenvalue weighted by Crippen LogP contribution is -2.44. The molecular formula is C23H27N3O3S. The van der Waals surface area contributed by atoms with Crippen molar-refractivity contribution >= 4 is 28.6 Å². The Morgan fingerprint density at radius 2 is 2.07 bits per heavy atom. The van der Waals surface area contributed by atoms with Crippen molar-refractivity contribution in [1.29, 1.82) is 0 Å². The van der Waals surface area contributed by atoms with Gasteiger partial charge in [0.05, 0.1) is 29.5 Å². The molecule has 2 heterocycles. The van der Waals surface area contributed by atoms with Crippen molar-refractivity contribution in [3.8, 4) is 0 Å². The number of aromatic nitrogens is 2. The lowest BCUT2D eigenvalue weighted by molar-refractivity contribution is -0.120. The number of hydrogen-bond acceptors (Lipinski definition) is 5. The van der Waals surface area contributed by atoms with Gasteiger partial charge in [-0.05, 0) is 42.5 Å². The molecule has 1 aromatic carbocycles. The van der Waals surface area contributed by atoms with E-state index in [1.54, 1.807) is 23.0 Å². The van der Waals surface area contributed by atoms with Gasteiger partial charge in [0.1, 0.15) is 5.76 Å². The van der Waals surface area contributed by atoms with Crippen molar-refractivity contribution in [2.45, 2.75) is 50.9 Å². The minimum absolute atomic E-state index is 0.0158. The average molecular weight is 426 g/mol. The van der Waals surface area contributed by atoms with Crippen molar-refractivity contribution in [1.82, 2.24) is 14.9 Å². The summed E-state index contributed by atoms with van der Waals surface area (Å²) in [7, 11) is 0. The molecule has 1 aliphatic carbocycles. The predicted molar refractivity (Wildman–Crippen MR) is 119 cm³/mol. The van der Waals surface area contributed by atoms with Crippen LogP contribution in [0, 0.1) is 11.8 Å². The van der Waals surface area contributed by atoms with Crippen LogP contribution in [0.3, 0.4) is 0 Å². The standard InChI is InChI=1S/C23H27N3O3S/c1-15-7-5-11-19(16(15)2)24-21(27)14-30-23-25-20-10-4-3-9-18(20)22(28)26(23)13-17-8-6-12-29-17/h3-4,6,8-10,12,15-16,19H,5,7,11,13-14H2,1-2H3,(H,24,27)/t15-,16-,19+/m1/s1. The molecule has 0 unspecified atom stereocenters. The van der Waals surface area contributed by atoms with E-state index in [2.05, 4.69) is 24.1 Å². The van der Waals surface area contributed by atoms with Crippen LogP contribution in [-0.4, -0.2) is 27.3 Å². The number of benzene rings is 1. The largest absolute Gasteiger partial charge is 0.467 e. The number of carbonyl (C=O) groups excluding carboxylic acids is 1. The van der Waals surface area contributed by atoms with Gasteiger partial charge in [-0.15, -0.1) is 0 Å². The summed E-state index contributed by atoms with van der Waals surface area (Å²) in [6.45, 7) is 4.75. The minimum atomic E-state index is -0.130. The molecule has 1 aliphatic rings. The van der Waals surface area contributed by atoms with Gasteiger partial charge in [0.15, 0.2) is 5.16 Å². The summed E-state index contributed by atoms with van der Waals surface area (Å²) in [5, 5.41) is 4.27. The third kappa shape index (κ3) is 4.46. The summed E-state index contributed by atoms with van der Waals surface area (Å²) in [6.07, 6.45) is 4.99. The fourth-order valence-corrected chi connectivity index (χ4v) is 4.93. The second-order valence-electron chi connectivity index (χ2n) is 8.11. The number of furan rings is 1. The van der Waals surface area contributed by atoms with E-state index in [4.69, 9.17) is 4.42 Å². The molecular weight excluding hydrogens is 398 g/mol. The first-order chi connectivity index (χ1) is 14.5. The van der Waals surface area contributed by atoms with Gasteiger partial charge in [-0.25, -0.2) is 4.98 Å². The molecule has 30 heavy (non-hydrogen) atoms. The van der Waals surface area contributed by atoms with Crippen molar-refractivity contribution in [3.63, 3.8) is 0 Å². The van der Waals surface area contributed by atoms with E-state index in [9.17, 15) is 9.59 Å². The summed E-state index contributed by atoms with van der Waals surface area (Å²) in [4.78, 5) is 30.4. The van der Waals surface area contributed by atoms with Gasteiger partial charge in [0, 0.05) is 6.04 Å². The molecule has 6 nitrogen and oxygen atoms in total. The predicted octanol–water partition coefficient (Wildman–Crippen LogP) is 4.07. The highest BCUT2D eigenvalue weighted by Gasteiger charge is 2.28. The van der Waals surface area contributed by atoms with Gasteiger partial charge < -0.3 is 9.73 Å². The molecule has 0 radical (unpaired) electrons. The number of thioether (sulfide) groups is 1. The van der Waals surface area contributed by atoms with Crippen LogP contribution in [0.25, 0.3) is 10.9 Å². The Morgan fingerprint density at radius 1 is 1.23 bits per heavy atom. The molecule has 3 atom stereocenters. The topological polar surface area (TPSA) is 77.1 Å². The van der Waals surface area contributed by atoms with Crippen molar-refractivity contribution in [3.05, 3.63) is 58.8 Å². The lowest BCUT2D eigenvalue weighted by Gasteiger charge is -2.34. The maximum atomic E-state index is 13.1. The number of rotatable bonds is 6. The van der Waals surface area contributed by atoms with Crippen LogP contribution < -0.4 is 10.9 Å². The SMILES string of the molecule is C[C@@H]1[C@H](C)CCC[C@@H]1NC(=O)CSc1nc2ccccc2c(=O)n1Cc1ccco1. The molecule has 0 aliphatic heterocycles. The third-order valence-corrected chi connectivity index (χ3v) is 7.08. The summed E-state index contributed by atoms with van der Waals surface area (Å²) < 4.78 is 7.02. The first-order valence-electron chi connectivity index (χ1n) is 10.5. The molecule has 158 valence electrons. The van der Waals surface area contributed by atoms with Crippen LogP contribution in [0.1, 0.15) is 38.9 Å². The van der Waals surface area contributed by atoms with E-state index in [1.807, 2.05) is 24.3 Å². The lowest BCUT2D eigenvalue weighted by atomic mass is 9.78. The highest BCUT2D eigenvalue weighted by atomic mass is 32.2. The van der Waals surface area contributed by atoms with Crippen molar-refractivity contribution in [2.75, 3.05) is 5.75 Å². The number of hydrogen-bond donors (Lipinski definition) is 1. The van der Waals surface area contributed by atoms with Crippen LogP contribution in [0.5, 0.6) is 0 Å². The van der Waals surface area contributed by atoms with Crippen LogP contribution in [0.2, 0.25) is 0 Å². The van der Waals surface area contributed by atoms with E-state index >= 15 is 0 Å². The number of fused-ring (bicyclic) bond motifs is 1. The summed E-state index contributed by atoms with van der Waals surface area (Å²) >= 11 is 1.29. The molecule has 0 spiro atoms. The number of amides is 1.